The molecule has 106 valence electrons. The molecule has 0 unspecified atom stereocenters. The number of amides is 1. The minimum Gasteiger partial charge on any atom is -0.341 e. The molecular weight excluding hydrogens is 260 g/mol. The Morgan fingerprint density at radius 1 is 1.26 bits per heavy atom. The van der Waals surface area contributed by atoms with Crippen molar-refractivity contribution >= 4 is 18.3 Å². The molecule has 1 amide bonds. The van der Waals surface area contributed by atoms with Crippen molar-refractivity contribution in [3.05, 3.63) is 35.9 Å². The lowest BCUT2D eigenvalue weighted by Crippen LogP contribution is -2.44. The zero-order valence-corrected chi connectivity index (χ0v) is 12.3. The van der Waals surface area contributed by atoms with Crippen LogP contribution >= 0.6 is 12.4 Å². The normalized spacial score (nSPS) is 16.7. The Balaban J connectivity index is 0.00000180. The van der Waals surface area contributed by atoms with Crippen LogP contribution in [0, 0.1) is 5.41 Å². The monoisotopic (exact) mass is 282 g/mol. The molecule has 1 aromatic carbocycles. The molecule has 0 atom stereocenters. The predicted molar refractivity (Wildman–Crippen MR) is 80.1 cm³/mol. The first-order chi connectivity index (χ1) is 8.68. The minimum atomic E-state index is -0.288. The SMILES string of the molecule is CN(Cc1ccccc1)C(=O)C1(CN)CCCC1.Cl. The zero-order valence-electron chi connectivity index (χ0n) is 11.5. The fourth-order valence-electron chi connectivity index (χ4n) is 2.89. The van der Waals surface area contributed by atoms with Crippen molar-refractivity contribution in [2.24, 2.45) is 11.1 Å². The summed E-state index contributed by atoms with van der Waals surface area (Å²) in [6, 6.07) is 10.1. The smallest absolute Gasteiger partial charge is 0.230 e. The van der Waals surface area contributed by atoms with Crippen LogP contribution in [0.1, 0.15) is 31.2 Å². The zero-order chi connectivity index (χ0) is 13.0. The van der Waals surface area contributed by atoms with Crippen molar-refractivity contribution in [2.45, 2.75) is 32.2 Å². The minimum absolute atomic E-state index is 0. The average molecular weight is 283 g/mol. The Hall–Kier alpha value is -1.06. The lowest BCUT2D eigenvalue weighted by Gasteiger charge is -2.31. The first-order valence-corrected chi connectivity index (χ1v) is 6.67. The van der Waals surface area contributed by atoms with E-state index in [1.807, 2.05) is 42.3 Å². The molecule has 0 saturated heterocycles. The van der Waals surface area contributed by atoms with Crippen LogP contribution in [0.5, 0.6) is 0 Å². The van der Waals surface area contributed by atoms with Crippen LogP contribution in [0.15, 0.2) is 30.3 Å². The lowest BCUT2D eigenvalue weighted by molar-refractivity contribution is -0.140. The van der Waals surface area contributed by atoms with Gasteiger partial charge in [0.2, 0.25) is 5.91 Å². The summed E-state index contributed by atoms with van der Waals surface area (Å²) in [6.45, 7) is 1.15. The van der Waals surface area contributed by atoms with Gasteiger partial charge in [-0.25, -0.2) is 0 Å². The summed E-state index contributed by atoms with van der Waals surface area (Å²) in [5.41, 5.74) is 6.73. The summed E-state index contributed by atoms with van der Waals surface area (Å²) in [4.78, 5) is 14.4. The molecule has 1 saturated carbocycles. The van der Waals surface area contributed by atoms with Crippen molar-refractivity contribution in [3.8, 4) is 0 Å². The quantitative estimate of drug-likeness (QED) is 0.923. The summed E-state index contributed by atoms with van der Waals surface area (Å²) in [5, 5.41) is 0. The fourth-order valence-corrected chi connectivity index (χ4v) is 2.89. The maximum Gasteiger partial charge on any atom is 0.230 e. The van der Waals surface area contributed by atoms with Gasteiger partial charge in [-0.15, -0.1) is 12.4 Å². The third kappa shape index (κ3) is 3.48. The second-order valence-electron chi connectivity index (χ2n) is 5.34. The molecule has 3 nitrogen and oxygen atoms in total. The number of benzene rings is 1. The summed E-state index contributed by atoms with van der Waals surface area (Å²) in [5.74, 6) is 0.214. The van der Waals surface area contributed by atoms with Crippen molar-refractivity contribution in [1.82, 2.24) is 4.90 Å². The van der Waals surface area contributed by atoms with Crippen LogP contribution in [0.4, 0.5) is 0 Å². The van der Waals surface area contributed by atoms with Gasteiger partial charge in [-0.05, 0) is 18.4 Å². The highest BCUT2D eigenvalue weighted by Gasteiger charge is 2.41. The molecule has 0 bridgehead atoms. The van der Waals surface area contributed by atoms with Gasteiger partial charge < -0.3 is 10.6 Å². The number of carbonyl (C=O) groups excluding carboxylic acids is 1. The number of nitrogens with two attached hydrogens (primary N) is 1. The lowest BCUT2D eigenvalue weighted by atomic mass is 9.84. The highest BCUT2D eigenvalue weighted by molar-refractivity contribution is 5.85. The van der Waals surface area contributed by atoms with Gasteiger partial charge in [0.05, 0.1) is 5.41 Å². The first-order valence-electron chi connectivity index (χ1n) is 6.67. The van der Waals surface area contributed by atoms with Gasteiger partial charge in [-0.3, -0.25) is 4.79 Å². The molecule has 0 aliphatic heterocycles. The van der Waals surface area contributed by atoms with Gasteiger partial charge in [0.15, 0.2) is 0 Å². The number of halogens is 1. The standard InChI is InChI=1S/C15H22N2O.ClH/c1-17(11-13-7-3-2-4-8-13)14(18)15(12-16)9-5-6-10-15;/h2-4,7-8H,5-6,9-12,16H2,1H3;1H. The van der Waals surface area contributed by atoms with Crippen molar-refractivity contribution in [3.63, 3.8) is 0 Å². The van der Waals surface area contributed by atoms with E-state index in [1.54, 1.807) is 0 Å². The summed E-state index contributed by atoms with van der Waals surface area (Å²) in [6.07, 6.45) is 4.15. The van der Waals surface area contributed by atoms with Crippen molar-refractivity contribution in [1.29, 1.82) is 0 Å². The van der Waals surface area contributed by atoms with Gasteiger partial charge in [-0.2, -0.15) is 0 Å². The highest BCUT2D eigenvalue weighted by Crippen LogP contribution is 2.38. The Morgan fingerprint density at radius 2 is 1.84 bits per heavy atom. The molecule has 2 N–H and O–H groups in total. The molecule has 2 rings (SSSR count). The van der Waals surface area contributed by atoms with Crippen molar-refractivity contribution < 1.29 is 4.79 Å². The molecule has 0 spiro atoms. The summed E-state index contributed by atoms with van der Waals surface area (Å²) < 4.78 is 0. The average Bonchev–Trinajstić information content (AvgIpc) is 2.89. The maximum atomic E-state index is 12.5. The molecule has 4 heteroatoms. The fraction of sp³-hybridized carbons (Fsp3) is 0.533. The number of hydrogen-bond donors (Lipinski definition) is 1. The Morgan fingerprint density at radius 3 is 2.37 bits per heavy atom. The van der Waals surface area contributed by atoms with Crippen LogP contribution in [-0.4, -0.2) is 24.4 Å². The van der Waals surface area contributed by atoms with Gasteiger partial charge >= 0.3 is 0 Å². The van der Waals surface area contributed by atoms with E-state index in [-0.39, 0.29) is 23.7 Å². The highest BCUT2D eigenvalue weighted by atomic mass is 35.5. The number of nitrogens with zero attached hydrogens (tertiary/aromatic N) is 1. The van der Waals surface area contributed by atoms with Crippen LogP contribution in [0.3, 0.4) is 0 Å². The Labute approximate surface area is 121 Å². The van der Waals surface area contributed by atoms with Gasteiger partial charge in [0.25, 0.3) is 0 Å². The third-order valence-corrected chi connectivity index (χ3v) is 4.01. The number of rotatable bonds is 4. The first kappa shape index (κ1) is 16.0. The molecule has 1 fully saturated rings. The van der Waals surface area contributed by atoms with Crippen LogP contribution in [-0.2, 0) is 11.3 Å². The number of carbonyl (C=O) groups is 1. The van der Waals surface area contributed by atoms with Gasteiger partial charge in [0, 0.05) is 20.1 Å². The van der Waals surface area contributed by atoms with Crippen LogP contribution in [0.2, 0.25) is 0 Å². The molecule has 1 aromatic rings. The summed E-state index contributed by atoms with van der Waals surface area (Å²) >= 11 is 0. The predicted octanol–water partition coefficient (Wildman–Crippen LogP) is 2.59. The van der Waals surface area contributed by atoms with Gasteiger partial charge in [-0.1, -0.05) is 43.2 Å². The Bertz CT molecular complexity index is 402. The van der Waals surface area contributed by atoms with Crippen LogP contribution in [0.25, 0.3) is 0 Å². The molecule has 1 aliphatic rings. The topological polar surface area (TPSA) is 46.3 Å². The van der Waals surface area contributed by atoms with Crippen molar-refractivity contribution in [2.75, 3.05) is 13.6 Å². The van der Waals surface area contributed by atoms with E-state index in [1.165, 1.54) is 5.56 Å². The maximum absolute atomic E-state index is 12.5. The van der Waals surface area contributed by atoms with Gasteiger partial charge in [0.1, 0.15) is 0 Å². The Kier molecular flexibility index (Phi) is 5.83. The molecular formula is C15H23ClN2O. The largest absolute Gasteiger partial charge is 0.341 e. The molecule has 0 aromatic heterocycles. The van der Waals surface area contributed by atoms with E-state index in [2.05, 4.69) is 0 Å². The van der Waals surface area contributed by atoms with E-state index in [4.69, 9.17) is 5.73 Å². The van der Waals surface area contributed by atoms with E-state index in [9.17, 15) is 4.79 Å². The van der Waals surface area contributed by atoms with E-state index >= 15 is 0 Å². The molecule has 1 aliphatic carbocycles. The third-order valence-electron chi connectivity index (χ3n) is 4.01. The second kappa shape index (κ2) is 6.92. The second-order valence-corrected chi connectivity index (χ2v) is 5.34. The summed E-state index contributed by atoms with van der Waals surface area (Å²) in [7, 11) is 1.88. The van der Waals surface area contributed by atoms with E-state index in [0.717, 1.165) is 25.7 Å². The molecule has 0 radical (unpaired) electrons. The molecule has 0 heterocycles. The number of hydrogen-bond acceptors (Lipinski definition) is 2. The van der Waals surface area contributed by atoms with Crippen LogP contribution < -0.4 is 5.73 Å². The van der Waals surface area contributed by atoms with E-state index in [0.29, 0.717) is 13.1 Å². The van der Waals surface area contributed by atoms with E-state index < -0.39 is 0 Å². The molecule has 19 heavy (non-hydrogen) atoms.